The highest BCUT2D eigenvalue weighted by Gasteiger charge is 2.38. The quantitative estimate of drug-likeness (QED) is 0.0802. The summed E-state index contributed by atoms with van der Waals surface area (Å²) < 4.78 is 26.1. The van der Waals surface area contributed by atoms with Crippen molar-refractivity contribution in [3.8, 4) is 0 Å². The molecule has 3 N–H and O–H groups in total. The summed E-state index contributed by atoms with van der Waals surface area (Å²) in [5.74, 6) is -1.04. The van der Waals surface area contributed by atoms with Gasteiger partial charge in [0, 0.05) is 54.3 Å². The second kappa shape index (κ2) is 21.4. The van der Waals surface area contributed by atoms with Crippen LogP contribution in [0.2, 0.25) is 0 Å². The molecule has 1 aliphatic heterocycles. The van der Waals surface area contributed by atoms with Crippen molar-refractivity contribution in [3.63, 3.8) is 0 Å². The lowest BCUT2D eigenvalue weighted by molar-refractivity contribution is -0.201. The molecule has 1 aromatic carbocycles. The average Bonchev–Trinajstić information content (AvgIpc) is 3.65. The predicted molar refractivity (Wildman–Crippen MR) is 195 cm³/mol. The first-order valence-electron chi connectivity index (χ1n) is 17.8. The van der Waals surface area contributed by atoms with Crippen LogP contribution in [0.3, 0.4) is 0 Å². The smallest absolute Gasteiger partial charge is 0.326 e. The number of aliphatic hydroxyl groups excluding tert-OH is 3. The van der Waals surface area contributed by atoms with Gasteiger partial charge in [0.15, 0.2) is 0 Å². The minimum atomic E-state index is -1.45. The Morgan fingerprint density at radius 2 is 1.69 bits per heavy atom. The molecule has 2 amide bonds. The lowest BCUT2D eigenvalue weighted by atomic mass is 9.91. The van der Waals surface area contributed by atoms with Gasteiger partial charge in [-0.15, -0.1) is 0 Å². The van der Waals surface area contributed by atoms with E-state index < -0.39 is 48.9 Å². The number of rotatable bonds is 19. The zero-order valence-corrected chi connectivity index (χ0v) is 32.1. The third-order valence-corrected chi connectivity index (χ3v) is 11.9. The van der Waals surface area contributed by atoms with Gasteiger partial charge in [0.1, 0.15) is 54.7 Å². The van der Waals surface area contributed by atoms with E-state index in [9.17, 15) is 39.3 Å². The number of benzene rings is 1. The molecule has 4 atom stereocenters. The Balaban J connectivity index is 1.13. The first-order chi connectivity index (χ1) is 25.9. The lowest BCUT2D eigenvalue weighted by Gasteiger charge is -2.34. The number of aliphatic hydroxyl groups is 3. The van der Waals surface area contributed by atoms with E-state index in [1.165, 1.54) is 21.6 Å². The molecule has 1 saturated heterocycles. The summed E-state index contributed by atoms with van der Waals surface area (Å²) >= 11 is 0. The van der Waals surface area contributed by atoms with Crippen molar-refractivity contribution in [2.45, 2.75) is 102 Å². The summed E-state index contributed by atoms with van der Waals surface area (Å²) in [7, 11) is 4.66. The summed E-state index contributed by atoms with van der Waals surface area (Å²) in [4.78, 5) is 66.0. The SMILES string of the molecule is CCSS/C(CCOC(=O)CCCC(=O)OC1CCC(N(C)C(=O)c2ccc3nonc3c2)CC1)=C(/C)N(C=O)CC(=O)OCC1OCC(O)C(O)C1O. The van der Waals surface area contributed by atoms with Crippen molar-refractivity contribution in [1.29, 1.82) is 0 Å². The van der Waals surface area contributed by atoms with Crippen LogP contribution in [0.1, 0.15) is 75.6 Å². The van der Waals surface area contributed by atoms with Crippen LogP contribution in [0.25, 0.3) is 11.0 Å². The molecule has 19 heteroatoms. The second-order valence-corrected chi connectivity index (χ2v) is 15.6. The van der Waals surface area contributed by atoms with Gasteiger partial charge in [-0.1, -0.05) is 28.5 Å². The highest BCUT2D eigenvalue weighted by molar-refractivity contribution is 8.78. The van der Waals surface area contributed by atoms with E-state index in [2.05, 4.69) is 10.3 Å². The van der Waals surface area contributed by atoms with Gasteiger partial charge in [-0.2, -0.15) is 0 Å². The molecule has 4 unspecified atom stereocenters. The first kappa shape index (κ1) is 43.0. The largest absolute Gasteiger partial charge is 0.465 e. The average molecular weight is 797 g/mol. The van der Waals surface area contributed by atoms with Gasteiger partial charge in [0.25, 0.3) is 5.91 Å². The minimum absolute atomic E-state index is 0.000612. The third kappa shape index (κ3) is 12.4. The van der Waals surface area contributed by atoms with Crippen LogP contribution >= 0.6 is 21.6 Å². The van der Waals surface area contributed by atoms with E-state index in [4.69, 9.17) is 23.6 Å². The number of aromatic nitrogens is 2. The van der Waals surface area contributed by atoms with Crippen molar-refractivity contribution in [2.24, 2.45) is 0 Å². The van der Waals surface area contributed by atoms with Crippen LogP contribution in [0.15, 0.2) is 33.4 Å². The molecule has 2 fully saturated rings. The summed E-state index contributed by atoms with van der Waals surface area (Å²) in [5, 5.41) is 37.0. The Morgan fingerprint density at radius 1 is 0.963 bits per heavy atom. The van der Waals surface area contributed by atoms with Gasteiger partial charge >= 0.3 is 17.9 Å². The van der Waals surface area contributed by atoms with E-state index in [1.807, 2.05) is 6.92 Å². The maximum atomic E-state index is 13.0. The van der Waals surface area contributed by atoms with Crippen LogP contribution in [0.5, 0.6) is 0 Å². The number of ether oxygens (including phenoxy) is 4. The fraction of sp³-hybridized carbons (Fsp3) is 0.629. The zero-order valence-electron chi connectivity index (χ0n) is 30.5. The first-order valence-corrected chi connectivity index (χ1v) is 20.1. The molecular weight excluding hydrogens is 749 g/mol. The minimum Gasteiger partial charge on any atom is -0.465 e. The van der Waals surface area contributed by atoms with Crippen LogP contribution in [0, 0.1) is 0 Å². The number of nitrogens with zero attached hydrogens (tertiary/aromatic N) is 4. The van der Waals surface area contributed by atoms with E-state index in [-0.39, 0.29) is 63.6 Å². The second-order valence-electron chi connectivity index (χ2n) is 13.0. The topological polar surface area (TPSA) is 228 Å². The Kier molecular flexibility index (Phi) is 17.0. The molecular formula is C35H48N4O13S2. The van der Waals surface area contributed by atoms with E-state index in [0.717, 1.165) is 10.7 Å². The highest BCUT2D eigenvalue weighted by Crippen LogP contribution is 2.35. The van der Waals surface area contributed by atoms with E-state index >= 15 is 0 Å². The van der Waals surface area contributed by atoms with Crippen molar-refractivity contribution in [2.75, 3.05) is 39.2 Å². The van der Waals surface area contributed by atoms with Crippen LogP contribution in [-0.4, -0.2) is 141 Å². The predicted octanol–water partition coefficient (Wildman–Crippen LogP) is 2.37. The number of esters is 3. The summed E-state index contributed by atoms with van der Waals surface area (Å²) in [6, 6.07) is 5.03. The number of carbonyl (C=O) groups excluding carboxylic acids is 5. The van der Waals surface area contributed by atoms with Gasteiger partial charge in [0.2, 0.25) is 6.41 Å². The number of allylic oxidation sites excluding steroid dienone is 1. The molecule has 1 aliphatic carbocycles. The van der Waals surface area contributed by atoms with Gasteiger partial charge in [-0.05, 0) is 67.5 Å². The molecule has 0 radical (unpaired) electrons. The Bertz CT molecular complexity index is 1620. The van der Waals surface area contributed by atoms with Crippen LogP contribution in [-0.2, 0) is 38.1 Å². The number of carbonyl (C=O) groups is 5. The Labute approximate surface area is 320 Å². The monoisotopic (exact) mass is 796 g/mol. The molecule has 1 saturated carbocycles. The number of amides is 2. The van der Waals surface area contributed by atoms with Crippen molar-refractivity contribution >= 4 is 62.8 Å². The molecule has 2 aliphatic rings. The number of fused-ring (bicyclic) bond motifs is 1. The fourth-order valence-corrected chi connectivity index (χ4v) is 8.02. The number of hydrogen-bond donors (Lipinski definition) is 3. The zero-order chi connectivity index (χ0) is 39.2. The number of hydrogen-bond acceptors (Lipinski definition) is 17. The van der Waals surface area contributed by atoms with Crippen LogP contribution < -0.4 is 0 Å². The highest BCUT2D eigenvalue weighted by atomic mass is 33.1. The molecule has 298 valence electrons. The Morgan fingerprint density at radius 3 is 2.41 bits per heavy atom. The van der Waals surface area contributed by atoms with Gasteiger partial charge < -0.3 is 44.1 Å². The van der Waals surface area contributed by atoms with Gasteiger partial charge in [-0.3, -0.25) is 24.0 Å². The van der Waals surface area contributed by atoms with Crippen LogP contribution in [0.4, 0.5) is 0 Å². The Hall–Kier alpha value is -3.75. The van der Waals surface area contributed by atoms with Crippen molar-refractivity contribution < 1.29 is 62.9 Å². The molecule has 4 rings (SSSR count). The molecule has 54 heavy (non-hydrogen) atoms. The molecule has 2 heterocycles. The summed E-state index contributed by atoms with van der Waals surface area (Å²) in [6.07, 6.45) is -1.77. The van der Waals surface area contributed by atoms with Crippen molar-refractivity contribution in [1.82, 2.24) is 20.1 Å². The summed E-state index contributed by atoms with van der Waals surface area (Å²) in [6.45, 7) is 2.58. The fourth-order valence-electron chi connectivity index (χ4n) is 5.97. The molecule has 17 nitrogen and oxygen atoms in total. The standard InChI is InChI=1S/C35H48N4O13S2/c1-4-53-54-29(21(2)39(20-40)17-32(44)50-19-28-34(46)33(45)27(41)18-49-28)14-15-48-30(42)6-5-7-31(43)51-24-11-9-23(10-12-24)38(3)35(47)22-8-13-25-26(16-22)37-52-36-25/h8,13,16,20,23-24,27-28,33-34,41,45-46H,4-7,9-12,14-15,17-19H2,1-3H3/b29-21-. The van der Waals surface area contributed by atoms with E-state index in [0.29, 0.717) is 59.3 Å². The van der Waals surface area contributed by atoms with Gasteiger partial charge in [-0.25, -0.2) is 4.63 Å². The molecule has 2 aromatic rings. The molecule has 1 aromatic heterocycles. The maximum Gasteiger partial charge on any atom is 0.326 e. The normalized spacial score (nSPS) is 23.2. The third-order valence-electron chi connectivity index (χ3n) is 9.22. The lowest BCUT2D eigenvalue weighted by Crippen LogP contribution is -2.54. The van der Waals surface area contributed by atoms with Crippen molar-refractivity contribution in [3.05, 3.63) is 34.4 Å². The molecule has 0 spiro atoms. The molecule has 0 bridgehead atoms. The van der Waals surface area contributed by atoms with Gasteiger partial charge in [0.05, 0.1) is 13.2 Å². The maximum absolute atomic E-state index is 13.0. The summed E-state index contributed by atoms with van der Waals surface area (Å²) in [5.41, 5.74) is 2.04. The van der Waals surface area contributed by atoms with E-state index in [1.54, 1.807) is 37.1 Å².